The lowest BCUT2D eigenvalue weighted by atomic mass is 9.99. The van der Waals surface area contributed by atoms with Gasteiger partial charge in [0.15, 0.2) is 0 Å². The van der Waals surface area contributed by atoms with E-state index in [4.69, 9.17) is 0 Å². The van der Waals surface area contributed by atoms with Crippen LogP contribution in [0.5, 0.6) is 0 Å². The average Bonchev–Trinajstić information content (AvgIpc) is 3.12. The van der Waals surface area contributed by atoms with E-state index in [1.807, 2.05) is 12.1 Å². The molecule has 0 unspecified atom stereocenters. The van der Waals surface area contributed by atoms with Crippen molar-refractivity contribution in [3.63, 3.8) is 0 Å². The van der Waals surface area contributed by atoms with E-state index in [0.717, 1.165) is 25.8 Å². The van der Waals surface area contributed by atoms with E-state index < -0.39 is 0 Å². The number of carbonyl (C=O) groups is 1. The highest BCUT2D eigenvalue weighted by molar-refractivity contribution is 5.81. The van der Waals surface area contributed by atoms with Gasteiger partial charge in [0.1, 0.15) is 0 Å². The number of rotatable bonds is 2. The Balaban J connectivity index is 1.65. The summed E-state index contributed by atoms with van der Waals surface area (Å²) in [6.07, 6.45) is 3.09. The molecule has 1 aromatic carbocycles. The second-order valence-electron chi connectivity index (χ2n) is 4.72. The first kappa shape index (κ1) is 9.70. The lowest BCUT2D eigenvalue weighted by Gasteiger charge is -2.26. The first-order valence-electron chi connectivity index (χ1n) is 5.95. The fraction of sp³-hybridized carbons (Fsp3) is 0.462. The summed E-state index contributed by atoms with van der Waals surface area (Å²) in [4.78, 5) is 11.6. The average molecular weight is 216 g/mol. The molecule has 2 N–H and O–H groups in total. The van der Waals surface area contributed by atoms with Crippen molar-refractivity contribution in [3.05, 3.63) is 29.8 Å². The zero-order chi connectivity index (χ0) is 11.0. The lowest BCUT2D eigenvalue weighted by molar-refractivity contribution is -0.122. The third-order valence-corrected chi connectivity index (χ3v) is 3.32. The Morgan fingerprint density at radius 3 is 2.94 bits per heavy atom. The van der Waals surface area contributed by atoms with E-state index >= 15 is 0 Å². The fourth-order valence-corrected chi connectivity index (χ4v) is 2.21. The quantitative estimate of drug-likeness (QED) is 0.787. The van der Waals surface area contributed by atoms with Crippen LogP contribution >= 0.6 is 0 Å². The molecule has 3 heteroatoms. The summed E-state index contributed by atoms with van der Waals surface area (Å²) in [6.45, 7) is 0.843. The highest BCUT2D eigenvalue weighted by Gasteiger charge is 2.31. The molecule has 0 saturated heterocycles. The van der Waals surface area contributed by atoms with E-state index in [0.29, 0.717) is 5.92 Å². The highest BCUT2D eigenvalue weighted by atomic mass is 16.2. The minimum Gasteiger partial charge on any atom is -0.383 e. The molecule has 1 atom stereocenters. The van der Waals surface area contributed by atoms with Gasteiger partial charge < -0.3 is 10.6 Å². The van der Waals surface area contributed by atoms with Gasteiger partial charge in [0.25, 0.3) is 0 Å². The van der Waals surface area contributed by atoms with Gasteiger partial charge in [-0.15, -0.1) is 0 Å². The normalized spacial score (nSPS) is 23.1. The number of anilines is 1. The molecule has 3 rings (SSSR count). The molecule has 1 heterocycles. The third-order valence-electron chi connectivity index (χ3n) is 3.32. The van der Waals surface area contributed by atoms with Crippen LogP contribution in [0.25, 0.3) is 0 Å². The van der Waals surface area contributed by atoms with Crippen LogP contribution in [0.15, 0.2) is 24.3 Å². The second-order valence-corrected chi connectivity index (χ2v) is 4.72. The Morgan fingerprint density at radius 2 is 2.12 bits per heavy atom. The molecule has 1 aromatic rings. The fourth-order valence-electron chi connectivity index (χ4n) is 2.21. The molecule has 1 aliphatic heterocycles. The van der Waals surface area contributed by atoms with Crippen molar-refractivity contribution in [2.45, 2.75) is 25.3 Å². The van der Waals surface area contributed by atoms with Crippen LogP contribution in [0.3, 0.4) is 0 Å². The first-order chi connectivity index (χ1) is 7.83. The number of hydrogen-bond donors (Lipinski definition) is 2. The number of hydrogen-bond acceptors (Lipinski definition) is 2. The first-order valence-corrected chi connectivity index (χ1v) is 5.95. The zero-order valence-corrected chi connectivity index (χ0v) is 9.20. The molecule has 1 fully saturated rings. The molecule has 0 bridgehead atoms. The van der Waals surface area contributed by atoms with Gasteiger partial charge in [-0.1, -0.05) is 18.2 Å². The maximum absolute atomic E-state index is 11.6. The summed E-state index contributed by atoms with van der Waals surface area (Å²) >= 11 is 0. The second kappa shape index (κ2) is 3.81. The van der Waals surface area contributed by atoms with Crippen LogP contribution < -0.4 is 10.6 Å². The molecule has 1 aliphatic carbocycles. The van der Waals surface area contributed by atoms with Gasteiger partial charge >= 0.3 is 0 Å². The maximum atomic E-state index is 11.6. The number of benzene rings is 1. The Hall–Kier alpha value is -1.51. The van der Waals surface area contributed by atoms with Crippen LogP contribution in [-0.4, -0.2) is 18.5 Å². The molecule has 2 aliphatic rings. The maximum Gasteiger partial charge on any atom is 0.223 e. The Kier molecular flexibility index (Phi) is 2.31. The van der Waals surface area contributed by atoms with Crippen LogP contribution in [0.2, 0.25) is 0 Å². The summed E-state index contributed by atoms with van der Waals surface area (Å²) in [6, 6.07) is 8.55. The van der Waals surface area contributed by atoms with E-state index in [2.05, 4.69) is 22.8 Å². The van der Waals surface area contributed by atoms with E-state index in [1.54, 1.807) is 0 Å². The summed E-state index contributed by atoms with van der Waals surface area (Å²) < 4.78 is 0. The standard InChI is InChI=1S/C13H16N2O/c16-13(9-5-6-9)15-11-7-10-3-1-2-4-12(10)14-8-11/h1-4,9,11,14H,5-8H2,(H,15,16)/t11-/m1/s1. The largest absolute Gasteiger partial charge is 0.383 e. The molecule has 3 nitrogen and oxygen atoms in total. The molecule has 0 radical (unpaired) electrons. The number of carbonyl (C=O) groups excluding carboxylic acids is 1. The van der Waals surface area contributed by atoms with Crippen LogP contribution in [0, 0.1) is 5.92 Å². The van der Waals surface area contributed by atoms with Gasteiger partial charge in [-0.05, 0) is 30.9 Å². The zero-order valence-electron chi connectivity index (χ0n) is 9.20. The van der Waals surface area contributed by atoms with Crippen LogP contribution in [0.1, 0.15) is 18.4 Å². The van der Waals surface area contributed by atoms with Crippen LogP contribution in [-0.2, 0) is 11.2 Å². The molecule has 1 saturated carbocycles. The number of amides is 1. The summed E-state index contributed by atoms with van der Waals surface area (Å²) in [5, 5.41) is 6.48. The summed E-state index contributed by atoms with van der Waals surface area (Å²) in [5.74, 6) is 0.545. The van der Waals surface area contributed by atoms with Crippen molar-refractivity contribution >= 4 is 11.6 Å². The molecular weight excluding hydrogens is 200 g/mol. The van der Waals surface area contributed by atoms with Gasteiger partial charge in [-0.2, -0.15) is 0 Å². The van der Waals surface area contributed by atoms with Crippen molar-refractivity contribution < 1.29 is 4.79 Å². The van der Waals surface area contributed by atoms with Crippen LogP contribution in [0.4, 0.5) is 5.69 Å². The monoisotopic (exact) mass is 216 g/mol. The highest BCUT2D eigenvalue weighted by Crippen LogP contribution is 2.29. The predicted octanol–water partition coefficient (Wildman–Crippen LogP) is 1.55. The van der Waals surface area contributed by atoms with Gasteiger partial charge in [0.2, 0.25) is 5.91 Å². The molecule has 0 aromatic heterocycles. The summed E-state index contributed by atoms with van der Waals surface area (Å²) in [5.41, 5.74) is 2.51. The van der Waals surface area contributed by atoms with Crippen molar-refractivity contribution in [2.24, 2.45) is 5.92 Å². The minimum absolute atomic E-state index is 0.242. The lowest BCUT2D eigenvalue weighted by Crippen LogP contribution is -2.44. The number of fused-ring (bicyclic) bond motifs is 1. The summed E-state index contributed by atoms with van der Waals surface area (Å²) in [7, 11) is 0. The molecule has 0 spiro atoms. The van der Waals surface area contributed by atoms with E-state index in [9.17, 15) is 4.79 Å². The topological polar surface area (TPSA) is 41.1 Å². The molecule has 1 amide bonds. The van der Waals surface area contributed by atoms with Crippen molar-refractivity contribution in [2.75, 3.05) is 11.9 Å². The Morgan fingerprint density at radius 1 is 1.31 bits per heavy atom. The molecular formula is C13H16N2O. The smallest absolute Gasteiger partial charge is 0.223 e. The minimum atomic E-state index is 0.242. The van der Waals surface area contributed by atoms with Crippen molar-refractivity contribution in [1.82, 2.24) is 5.32 Å². The third kappa shape index (κ3) is 1.90. The SMILES string of the molecule is O=C(N[C@H]1CNc2ccccc2C1)C1CC1. The Labute approximate surface area is 95.2 Å². The van der Waals surface area contributed by atoms with E-state index in [1.165, 1.54) is 11.3 Å². The van der Waals surface area contributed by atoms with Crippen molar-refractivity contribution in [3.8, 4) is 0 Å². The van der Waals surface area contributed by atoms with Gasteiger partial charge in [-0.25, -0.2) is 0 Å². The number of nitrogens with one attached hydrogen (secondary N) is 2. The predicted molar refractivity (Wildman–Crippen MR) is 63.3 cm³/mol. The van der Waals surface area contributed by atoms with Crippen molar-refractivity contribution in [1.29, 1.82) is 0 Å². The van der Waals surface area contributed by atoms with E-state index in [-0.39, 0.29) is 11.9 Å². The van der Waals surface area contributed by atoms with Gasteiger partial charge in [0.05, 0.1) is 6.04 Å². The molecule has 16 heavy (non-hydrogen) atoms. The molecule has 84 valence electrons. The van der Waals surface area contributed by atoms with Gasteiger partial charge in [-0.3, -0.25) is 4.79 Å². The Bertz CT molecular complexity index is 412. The van der Waals surface area contributed by atoms with Gasteiger partial charge in [0, 0.05) is 18.2 Å². The number of para-hydroxylation sites is 1.